The molecule has 1 aliphatic rings. The van der Waals surface area contributed by atoms with Crippen molar-refractivity contribution >= 4 is 34.7 Å². The largest absolute Gasteiger partial charge is 0.392 e. The van der Waals surface area contributed by atoms with Crippen molar-refractivity contribution in [2.75, 3.05) is 11.5 Å². The molecule has 1 nitrogen and oxygen atoms in total. The molecule has 72 valence electrons. The van der Waals surface area contributed by atoms with Crippen LogP contribution in [-0.4, -0.2) is 22.7 Å². The van der Waals surface area contributed by atoms with E-state index in [-0.39, 0.29) is 6.10 Å². The van der Waals surface area contributed by atoms with Gasteiger partial charge in [-0.05, 0) is 30.2 Å². The molecule has 0 amide bonds. The first-order chi connectivity index (χ1) is 6.25. The average molecular weight is 235 g/mol. The van der Waals surface area contributed by atoms with Crippen molar-refractivity contribution in [3.63, 3.8) is 0 Å². The second kappa shape index (κ2) is 4.22. The fourth-order valence-corrected chi connectivity index (χ4v) is 3.97. The van der Waals surface area contributed by atoms with Crippen LogP contribution in [0.4, 0.5) is 0 Å². The Bertz CT molecular complexity index is 287. The maximum Gasteiger partial charge on any atom is 0.0931 e. The monoisotopic (exact) mass is 234 g/mol. The van der Waals surface area contributed by atoms with Gasteiger partial charge in [-0.25, -0.2) is 0 Å². The van der Waals surface area contributed by atoms with Gasteiger partial charge in [0, 0.05) is 10.6 Å². The summed E-state index contributed by atoms with van der Waals surface area (Å²) in [5.74, 6) is 2.40. The Labute approximate surface area is 91.1 Å². The van der Waals surface area contributed by atoms with Crippen LogP contribution >= 0.6 is 34.7 Å². The first kappa shape index (κ1) is 9.84. The van der Waals surface area contributed by atoms with Gasteiger partial charge in [0.25, 0.3) is 0 Å². The van der Waals surface area contributed by atoms with Crippen LogP contribution in [0, 0.1) is 5.92 Å². The molecule has 0 spiro atoms. The molecule has 2 atom stereocenters. The lowest BCUT2D eigenvalue weighted by Crippen LogP contribution is -2.19. The highest BCUT2D eigenvalue weighted by atomic mass is 35.5. The van der Waals surface area contributed by atoms with E-state index in [1.54, 1.807) is 11.3 Å². The Kier molecular flexibility index (Phi) is 3.19. The highest BCUT2D eigenvalue weighted by Crippen LogP contribution is 2.30. The predicted octanol–water partition coefficient (Wildman–Crippen LogP) is 2.67. The molecule has 0 aromatic carbocycles. The lowest BCUT2D eigenvalue weighted by atomic mass is 10.0. The zero-order chi connectivity index (χ0) is 9.26. The van der Waals surface area contributed by atoms with E-state index in [4.69, 9.17) is 11.6 Å². The summed E-state index contributed by atoms with van der Waals surface area (Å²) in [5, 5.41) is 9.61. The molecule has 0 saturated carbocycles. The smallest absolute Gasteiger partial charge is 0.0931 e. The van der Waals surface area contributed by atoms with Gasteiger partial charge < -0.3 is 5.11 Å². The summed E-state index contributed by atoms with van der Waals surface area (Å²) in [5.41, 5.74) is 0. The van der Waals surface area contributed by atoms with Crippen molar-refractivity contribution < 1.29 is 5.11 Å². The second-order valence-corrected chi connectivity index (χ2v) is 6.15. The van der Waals surface area contributed by atoms with Crippen molar-refractivity contribution in [2.45, 2.75) is 12.5 Å². The summed E-state index contributed by atoms with van der Waals surface area (Å²) >= 11 is 9.29. The van der Waals surface area contributed by atoms with Crippen LogP contribution in [0.5, 0.6) is 0 Å². The van der Waals surface area contributed by atoms with Gasteiger partial charge in [-0.1, -0.05) is 11.6 Å². The maximum absolute atomic E-state index is 9.61. The van der Waals surface area contributed by atoms with E-state index >= 15 is 0 Å². The van der Waals surface area contributed by atoms with Crippen LogP contribution in [0.1, 0.15) is 4.88 Å². The van der Waals surface area contributed by atoms with Crippen molar-refractivity contribution in [2.24, 2.45) is 5.92 Å². The molecule has 1 aliphatic heterocycles. The Morgan fingerprint density at radius 2 is 2.31 bits per heavy atom. The fourth-order valence-electron chi connectivity index (χ4n) is 1.50. The van der Waals surface area contributed by atoms with Crippen LogP contribution in [0.25, 0.3) is 0 Å². The zero-order valence-corrected chi connectivity index (χ0v) is 9.46. The minimum absolute atomic E-state index is 0.120. The van der Waals surface area contributed by atoms with E-state index in [0.29, 0.717) is 5.92 Å². The molecule has 1 N–H and O–H groups in total. The van der Waals surface area contributed by atoms with E-state index in [1.165, 1.54) is 4.88 Å². The SMILES string of the molecule is OC1CSCC1Cc1ccc(Cl)s1. The lowest BCUT2D eigenvalue weighted by Gasteiger charge is -2.11. The van der Waals surface area contributed by atoms with Gasteiger partial charge in [-0.15, -0.1) is 11.3 Å². The molecule has 2 heterocycles. The number of aliphatic hydroxyl groups excluding tert-OH is 1. The molecule has 2 unspecified atom stereocenters. The summed E-state index contributed by atoms with van der Waals surface area (Å²) in [7, 11) is 0. The number of thioether (sulfide) groups is 1. The summed E-state index contributed by atoms with van der Waals surface area (Å²) < 4.78 is 0.843. The molecule has 1 aromatic rings. The lowest BCUT2D eigenvalue weighted by molar-refractivity contribution is 0.150. The van der Waals surface area contributed by atoms with Crippen LogP contribution in [-0.2, 0) is 6.42 Å². The van der Waals surface area contributed by atoms with Crippen molar-refractivity contribution in [3.05, 3.63) is 21.3 Å². The number of hydrogen-bond donors (Lipinski definition) is 1. The third-order valence-electron chi connectivity index (χ3n) is 2.26. The molecular formula is C9H11ClOS2. The summed E-state index contributed by atoms with van der Waals surface area (Å²) in [6, 6.07) is 3.98. The molecule has 0 aliphatic carbocycles. The van der Waals surface area contributed by atoms with Crippen LogP contribution in [0.2, 0.25) is 4.34 Å². The highest BCUT2D eigenvalue weighted by molar-refractivity contribution is 7.99. The van der Waals surface area contributed by atoms with E-state index in [9.17, 15) is 5.11 Å². The maximum atomic E-state index is 9.61. The minimum Gasteiger partial charge on any atom is -0.392 e. The fraction of sp³-hybridized carbons (Fsp3) is 0.556. The standard InChI is InChI=1S/C9H11ClOS2/c10-9-2-1-7(13-9)3-6-4-12-5-8(6)11/h1-2,6,8,11H,3-5H2. The Balaban J connectivity index is 1.97. The Morgan fingerprint density at radius 3 is 2.85 bits per heavy atom. The molecule has 0 bridgehead atoms. The third kappa shape index (κ3) is 2.40. The van der Waals surface area contributed by atoms with E-state index in [0.717, 1.165) is 22.3 Å². The van der Waals surface area contributed by atoms with Gasteiger partial charge in [0.15, 0.2) is 0 Å². The van der Waals surface area contributed by atoms with Crippen molar-refractivity contribution in [3.8, 4) is 0 Å². The third-order valence-corrected chi connectivity index (χ3v) is 4.75. The number of rotatable bonds is 2. The second-order valence-electron chi connectivity index (χ2n) is 3.27. The van der Waals surface area contributed by atoms with E-state index in [2.05, 4.69) is 6.07 Å². The molecule has 0 radical (unpaired) electrons. The van der Waals surface area contributed by atoms with E-state index < -0.39 is 0 Å². The topological polar surface area (TPSA) is 20.2 Å². The normalized spacial score (nSPS) is 28.2. The molecule has 13 heavy (non-hydrogen) atoms. The molecule has 4 heteroatoms. The van der Waals surface area contributed by atoms with Crippen LogP contribution < -0.4 is 0 Å². The molecule has 2 rings (SSSR count). The van der Waals surface area contributed by atoms with Gasteiger partial charge in [0.1, 0.15) is 0 Å². The predicted molar refractivity (Wildman–Crippen MR) is 59.9 cm³/mol. The van der Waals surface area contributed by atoms with Gasteiger partial charge in [0.2, 0.25) is 0 Å². The van der Waals surface area contributed by atoms with Gasteiger partial charge in [0.05, 0.1) is 10.4 Å². The van der Waals surface area contributed by atoms with Gasteiger partial charge in [-0.3, -0.25) is 0 Å². The first-order valence-electron chi connectivity index (χ1n) is 4.26. The number of thiophene rings is 1. The van der Waals surface area contributed by atoms with E-state index in [1.807, 2.05) is 17.8 Å². The summed E-state index contributed by atoms with van der Waals surface area (Å²) in [6.07, 6.45) is 0.858. The Morgan fingerprint density at radius 1 is 1.46 bits per heavy atom. The number of aliphatic hydroxyl groups is 1. The summed E-state index contributed by atoms with van der Waals surface area (Å²) in [6.45, 7) is 0. The molecular weight excluding hydrogens is 224 g/mol. The minimum atomic E-state index is -0.120. The molecule has 1 fully saturated rings. The van der Waals surface area contributed by atoms with Crippen LogP contribution in [0.3, 0.4) is 0 Å². The van der Waals surface area contributed by atoms with Crippen molar-refractivity contribution in [1.29, 1.82) is 0 Å². The zero-order valence-electron chi connectivity index (χ0n) is 7.07. The summed E-state index contributed by atoms with van der Waals surface area (Å²) in [4.78, 5) is 1.29. The highest BCUT2D eigenvalue weighted by Gasteiger charge is 2.26. The quantitative estimate of drug-likeness (QED) is 0.849. The van der Waals surface area contributed by atoms with Gasteiger partial charge >= 0.3 is 0 Å². The molecule has 1 aromatic heterocycles. The Hall–Kier alpha value is 0.300. The van der Waals surface area contributed by atoms with Gasteiger partial charge in [-0.2, -0.15) is 11.8 Å². The van der Waals surface area contributed by atoms with Crippen LogP contribution in [0.15, 0.2) is 12.1 Å². The first-order valence-corrected chi connectivity index (χ1v) is 6.60. The number of hydrogen-bond acceptors (Lipinski definition) is 3. The average Bonchev–Trinajstić information content (AvgIpc) is 2.64. The number of halogens is 1. The molecule has 1 saturated heterocycles. The van der Waals surface area contributed by atoms with Crippen molar-refractivity contribution in [1.82, 2.24) is 0 Å².